The van der Waals surface area contributed by atoms with Gasteiger partial charge in [-0.3, -0.25) is 0 Å². The molecule has 6 nitrogen and oxygen atoms in total. The minimum atomic E-state index is -4.60. The van der Waals surface area contributed by atoms with Crippen molar-refractivity contribution in [1.29, 1.82) is 0 Å². The Morgan fingerprint density at radius 2 is 1.31 bits per heavy atom. The summed E-state index contributed by atoms with van der Waals surface area (Å²) in [6, 6.07) is 8.98. The van der Waals surface area contributed by atoms with Crippen LogP contribution in [0.25, 0.3) is 0 Å². The molecular weight excluding hydrogens is 465 g/mol. The summed E-state index contributed by atoms with van der Waals surface area (Å²) in [5.74, 6) is 0. The van der Waals surface area contributed by atoms with Gasteiger partial charge in [0, 0.05) is 19.6 Å². The molecule has 0 bridgehead atoms. The van der Waals surface area contributed by atoms with Gasteiger partial charge in [-0.25, -0.2) is 16.8 Å². The molecule has 0 saturated carbocycles. The maximum atomic E-state index is 13.5. The fraction of sp³-hybridized carbons (Fsp3) is 0.429. The lowest BCUT2D eigenvalue weighted by Gasteiger charge is -2.27. The largest absolute Gasteiger partial charge is 0.416 e. The van der Waals surface area contributed by atoms with E-state index in [9.17, 15) is 30.0 Å². The number of benzene rings is 2. The van der Waals surface area contributed by atoms with Gasteiger partial charge in [-0.2, -0.15) is 21.8 Å². The van der Waals surface area contributed by atoms with Crippen LogP contribution < -0.4 is 0 Å². The molecule has 0 aromatic heterocycles. The van der Waals surface area contributed by atoms with Crippen molar-refractivity contribution >= 4 is 20.0 Å². The summed E-state index contributed by atoms with van der Waals surface area (Å²) in [6.07, 6.45) is -2.34. The molecule has 0 amide bonds. The van der Waals surface area contributed by atoms with Crippen molar-refractivity contribution < 1.29 is 30.0 Å². The van der Waals surface area contributed by atoms with E-state index < -0.39 is 37.8 Å². The lowest BCUT2D eigenvalue weighted by molar-refractivity contribution is -0.138. The van der Waals surface area contributed by atoms with E-state index in [2.05, 4.69) is 0 Å². The summed E-state index contributed by atoms with van der Waals surface area (Å²) in [5, 5.41) is 0. The molecule has 0 spiro atoms. The smallest absolute Gasteiger partial charge is 0.207 e. The number of halogens is 3. The fourth-order valence-corrected chi connectivity index (χ4v) is 7.57. The minimum Gasteiger partial charge on any atom is -0.207 e. The molecule has 4 rings (SSSR count). The zero-order valence-corrected chi connectivity index (χ0v) is 18.8. The Hall–Kier alpha value is -1.95. The van der Waals surface area contributed by atoms with Gasteiger partial charge < -0.3 is 0 Å². The highest BCUT2D eigenvalue weighted by Crippen LogP contribution is 2.42. The van der Waals surface area contributed by atoms with Gasteiger partial charge >= 0.3 is 6.18 Å². The number of nitrogens with zero attached hydrogens (tertiary/aromatic N) is 2. The van der Waals surface area contributed by atoms with E-state index in [0.29, 0.717) is 19.5 Å². The normalized spacial score (nSPS) is 21.3. The number of hydrogen-bond donors (Lipinski definition) is 0. The van der Waals surface area contributed by atoms with Crippen LogP contribution in [0.1, 0.15) is 42.9 Å². The average molecular weight is 489 g/mol. The Bertz CT molecular complexity index is 1190. The lowest BCUT2D eigenvalue weighted by atomic mass is 9.99. The standard InChI is InChI=1S/C21H23F3N2O4S2/c22-21(23,24)19-7-2-1-6-18(19)20-8-5-15-26(20)32(29,30)17-11-9-16(10-12-17)31(27,28)25-13-3-4-14-25/h1-2,6-7,9-12,20H,3-5,8,13-15H2. The van der Waals surface area contributed by atoms with Crippen molar-refractivity contribution in [2.75, 3.05) is 19.6 Å². The van der Waals surface area contributed by atoms with Crippen LogP contribution in [-0.2, 0) is 26.2 Å². The summed E-state index contributed by atoms with van der Waals surface area (Å²) in [7, 11) is -7.82. The second-order valence-corrected chi connectivity index (χ2v) is 11.8. The van der Waals surface area contributed by atoms with Crippen molar-refractivity contribution in [2.24, 2.45) is 0 Å². The highest BCUT2D eigenvalue weighted by atomic mass is 32.2. The van der Waals surface area contributed by atoms with E-state index in [1.54, 1.807) is 0 Å². The van der Waals surface area contributed by atoms with Crippen LogP contribution in [0.3, 0.4) is 0 Å². The third kappa shape index (κ3) is 4.18. The molecule has 174 valence electrons. The van der Waals surface area contributed by atoms with Crippen LogP contribution in [0.2, 0.25) is 0 Å². The Morgan fingerprint density at radius 1 is 0.750 bits per heavy atom. The molecule has 32 heavy (non-hydrogen) atoms. The third-order valence-corrected chi connectivity index (χ3v) is 9.80. The summed E-state index contributed by atoms with van der Waals surface area (Å²) < 4.78 is 94.9. The van der Waals surface area contributed by atoms with Gasteiger partial charge in [-0.1, -0.05) is 18.2 Å². The number of hydrogen-bond acceptors (Lipinski definition) is 4. The van der Waals surface area contributed by atoms with E-state index in [1.807, 2.05) is 0 Å². The molecule has 0 aliphatic carbocycles. The number of alkyl halides is 3. The summed E-state index contributed by atoms with van der Waals surface area (Å²) in [5.41, 5.74) is -0.923. The lowest BCUT2D eigenvalue weighted by Crippen LogP contribution is -2.32. The SMILES string of the molecule is O=S(=O)(c1ccc(S(=O)(=O)N2CCCC2c2ccccc2C(F)(F)F)cc1)N1CCCC1. The second kappa shape index (κ2) is 8.44. The van der Waals surface area contributed by atoms with Crippen molar-refractivity contribution in [1.82, 2.24) is 8.61 Å². The molecule has 2 aromatic carbocycles. The molecular formula is C21H23F3N2O4S2. The predicted molar refractivity (Wildman–Crippen MR) is 112 cm³/mol. The van der Waals surface area contributed by atoms with Crippen LogP contribution in [0.4, 0.5) is 13.2 Å². The summed E-state index contributed by atoms with van der Waals surface area (Å²) in [4.78, 5) is -0.145. The quantitative estimate of drug-likeness (QED) is 0.637. The van der Waals surface area contributed by atoms with Crippen molar-refractivity contribution in [3.63, 3.8) is 0 Å². The minimum absolute atomic E-state index is 0.00117. The van der Waals surface area contributed by atoms with Crippen LogP contribution in [0, 0.1) is 0 Å². The van der Waals surface area contributed by atoms with E-state index in [4.69, 9.17) is 0 Å². The highest BCUT2D eigenvalue weighted by Gasteiger charge is 2.41. The molecule has 2 aliphatic rings. The first-order valence-corrected chi connectivity index (χ1v) is 13.2. The Balaban J connectivity index is 1.65. The summed E-state index contributed by atoms with van der Waals surface area (Å²) >= 11 is 0. The van der Waals surface area contributed by atoms with Crippen LogP contribution >= 0.6 is 0 Å². The first kappa shape index (κ1) is 23.2. The van der Waals surface area contributed by atoms with Gasteiger partial charge in [0.05, 0.1) is 21.4 Å². The molecule has 2 fully saturated rings. The molecule has 0 radical (unpaired) electrons. The molecule has 2 heterocycles. The van der Waals surface area contributed by atoms with E-state index in [0.717, 1.165) is 23.2 Å². The van der Waals surface area contributed by atoms with Crippen LogP contribution in [0.5, 0.6) is 0 Å². The number of rotatable bonds is 5. The van der Waals surface area contributed by atoms with Gasteiger partial charge in [-0.15, -0.1) is 0 Å². The zero-order valence-electron chi connectivity index (χ0n) is 17.1. The van der Waals surface area contributed by atoms with Crippen LogP contribution in [-0.4, -0.2) is 45.1 Å². The Morgan fingerprint density at radius 3 is 1.91 bits per heavy atom. The Labute approximate surface area is 185 Å². The summed E-state index contributed by atoms with van der Waals surface area (Å²) in [6.45, 7) is 0.944. The highest BCUT2D eigenvalue weighted by molar-refractivity contribution is 7.89. The molecule has 2 aliphatic heterocycles. The van der Waals surface area contributed by atoms with Gasteiger partial charge in [-0.05, 0) is 61.6 Å². The van der Waals surface area contributed by atoms with Gasteiger partial charge in [0.15, 0.2) is 0 Å². The van der Waals surface area contributed by atoms with E-state index in [1.165, 1.54) is 46.8 Å². The van der Waals surface area contributed by atoms with E-state index >= 15 is 0 Å². The fourth-order valence-electron chi connectivity index (χ4n) is 4.38. The first-order chi connectivity index (χ1) is 15.0. The van der Waals surface area contributed by atoms with Crippen molar-refractivity contribution in [2.45, 2.75) is 47.7 Å². The molecule has 11 heteroatoms. The molecule has 2 aromatic rings. The first-order valence-electron chi connectivity index (χ1n) is 10.3. The van der Waals surface area contributed by atoms with Crippen molar-refractivity contribution in [3.8, 4) is 0 Å². The molecule has 2 saturated heterocycles. The van der Waals surface area contributed by atoms with E-state index in [-0.39, 0.29) is 28.3 Å². The maximum Gasteiger partial charge on any atom is 0.416 e. The van der Waals surface area contributed by atoms with Gasteiger partial charge in [0.1, 0.15) is 0 Å². The van der Waals surface area contributed by atoms with Gasteiger partial charge in [0.25, 0.3) is 0 Å². The molecule has 1 atom stereocenters. The van der Waals surface area contributed by atoms with Crippen molar-refractivity contribution in [3.05, 3.63) is 59.7 Å². The average Bonchev–Trinajstić information content (AvgIpc) is 3.46. The monoisotopic (exact) mass is 488 g/mol. The predicted octanol–water partition coefficient (Wildman–Crippen LogP) is 4.02. The third-order valence-electron chi connectivity index (χ3n) is 5.96. The second-order valence-electron chi connectivity index (χ2n) is 7.94. The van der Waals surface area contributed by atoms with Crippen LogP contribution in [0.15, 0.2) is 58.3 Å². The zero-order chi connectivity index (χ0) is 23.1. The van der Waals surface area contributed by atoms with Gasteiger partial charge in [0.2, 0.25) is 20.0 Å². The molecule has 0 N–H and O–H groups in total. The maximum absolute atomic E-state index is 13.5. The Kier molecular flexibility index (Phi) is 6.12. The molecule has 1 unspecified atom stereocenters. The topological polar surface area (TPSA) is 74.8 Å². The number of sulfonamides is 2.